The summed E-state index contributed by atoms with van der Waals surface area (Å²) in [7, 11) is 0. The number of furan rings is 1. The molecule has 70 valence electrons. The Morgan fingerprint density at radius 2 is 2.23 bits per heavy atom. The van der Waals surface area contributed by atoms with Crippen LogP contribution in [0.2, 0.25) is 0 Å². The topological polar surface area (TPSA) is 33.5 Å². The van der Waals surface area contributed by atoms with E-state index in [0.29, 0.717) is 5.56 Å². The average molecular weight is 187 g/mol. The number of rotatable bonds is 1. The van der Waals surface area contributed by atoms with Crippen LogP contribution >= 0.6 is 0 Å². The third-order valence-corrected chi connectivity index (χ3v) is 1.90. The predicted molar refractivity (Wildman–Crippen MR) is 39.6 cm³/mol. The Kier molecular flexibility index (Phi) is 1.61. The maximum absolute atomic E-state index is 12.4. The molecule has 0 aromatic carbocycles. The van der Waals surface area contributed by atoms with E-state index >= 15 is 0 Å². The van der Waals surface area contributed by atoms with Crippen LogP contribution in [0.5, 0.6) is 0 Å². The predicted octanol–water partition coefficient (Wildman–Crippen LogP) is 1.37. The molecule has 13 heavy (non-hydrogen) atoms. The maximum Gasteiger partial charge on any atom is 0.282 e. The SMILES string of the molecule is O=C(c1ccoc1)N1CC(F)(F)C1. The number of halogens is 2. The molecule has 0 aliphatic carbocycles. The van der Waals surface area contributed by atoms with Gasteiger partial charge in [0.05, 0.1) is 24.9 Å². The Balaban J connectivity index is 2.02. The number of likely N-dealkylation sites (tertiary alicyclic amines) is 1. The summed E-state index contributed by atoms with van der Waals surface area (Å²) in [6.45, 7) is -0.978. The molecule has 0 bridgehead atoms. The van der Waals surface area contributed by atoms with E-state index in [9.17, 15) is 13.6 Å². The second kappa shape index (κ2) is 2.55. The van der Waals surface area contributed by atoms with Crippen molar-refractivity contribution in [3.8, 4) is 0 Å². The minimum Gasteiger partial charge on any atom is -0.472 e. The zero-order valence-corrected chi connectivity index (χ0v) is 6.67. The summed E-state index contributed by atoms with van der Waals surface area (Å²) in [6.07, 6.45) is 2.59. The second-order valence-corrected chi connectivity index (χ2v) is 3.03. The number of carbonyl (C=O) groups is 1. The van der Waals surface area contributed by atoms with Crippen molar-refractivity contribution in [2.24, 2.45) is 0 Å². The lowest BCUT2D eigenvalue weighted by atomic mass is 10.1. The Bertz CT molecular complexity index is 313. The fourth-order valence-corrected chi connectivity index (χ4v) is 1.22. The van der Waals surface area contributed by atoms with Gasteiger partial charge in [0.15, 0.2) is 0 Å². The summed E-state index contributed by atoms with van der Waals surface area (Å²) in [6, 6.07) is 1.46. The first-order valence-corrected chi connectivity index (χ1v) is 3.78. The molecular weight excluding hydrogens is 180 g/mol. The summed E-state index contributed by atoms with van der Waals surface area (Å²) in [5.74, 6) is -3.11. The van der Waals surface area contributed by atoms with E-state index in [1.54, 1.807) is 0 Å². The minimum absolute atomic E-state index is 0.315. The molecule has 1 aromatic heterocycles. The van der Waals surface area contributed by atoms with Gasteiger partial charge in [-0.3, -0.25) is 4.79 Å². The summed E-state index contributed by atoms with van der Waals surface area (Å²) >= 11 is 0. The maximum atomic E-state index is 12.4. The molecule has 0 saturated carbocycles. The summed E-state index contributed by atoms with van der Waals surface area (Å²) < 4.78 is 29.4. The Hall–Kier alpha value is -1.39. The van der Waals surface area contributed by atoms with E-state index in [1.807, 2.05) is 0 Å². The van der Waals surface area contributed by atoms with E-state index in [1.165, 1.54) is 18.6 Å². The molecule has 0 unspecified atom stereocenters. The zero-order chi connectivity index (χ0) is 9.47. The molecule has 1 fully saturated rings. The lowest BCUT2D eigenvalue weighted by Gasteiger charge is -2.38. The van der Waals surface area contributed by atoms with Gasteiger partial charge in [0, 0.05) is 0 Å². The van der Waals surface area contributed by atoms with Crippen LogP contribution in [0.4, 0.5) is 8.78 Å². The Morgan fingerprint density at radius 1 is 1.54 bits per heavy atom. The molecule has 2 heterocycles. The summed E-state index contributed by atoms with van der Waals surface area (Å²) in [5.41, 5.74) is 0.315. The van der Waals surface area contributed by atoms with Crippen LogP contribution in [-0.2, 0) is 0 Å². The van der Waals surface area contributed by atoms with Crippen molar-refractivity contribution >= 4 is 5.91 Å². The summed E-state index contributed by atoms with van der Waals surface area (Å²) in [5, 5.41) is 0. The standard InChI is InChI=1S/C8H7F2NO2/c9-8(10)4-11(5-8)7(12)6-1-2-13-3-6/h1-3H,4-5H2. The van der Waals surface area contributed by atoms with Crippen molar-refractivity contribution in [1.82, 2.24) is 4.90 Å². The fourth-order valence-electron chi connectivity index (χ4n) is 1.22. The van der Waals surface area contributed by atoms with Crippen LogP contribution < -0.4 is 0 Å². The van der Waals surface area contributed by atoms with E-state index in [-0.39, 0.29) is 0 Å². The monoisotopic (exact) mass is 187 g/mol. The highest BCUT2D eigenvalue weighted by Crippen LogP contribution is 2.27. The molecule has 1 aliphatic heterocycles. The van der Waals surface area contributed by atoms with Crippen molar-refractivity contribution in [3.63, 3.8) is 0 Å². The van der Waals surface area contributed by atoms with Crippen LogP contribution in [0, 0.1) is 0 Å². The van der Waals surface area contributed by atoms with Gasteiger partial charge in [0.25, 0.3) is 11.8 Å². The van der Waals surface area contributed by atoms with Crippen LogP contribution in [0.15, 0.2) is 23.0 Å². The van der Waals surface area contributed by atoms with Gasteiger partial charge in [-0.05, 0) is 6.07 Å². The molecule has 1 aliphatic rings. The Morgan fingerprint density at radius 3 is 2.69 bits per heavy atom. The van der Waals surface area contributed by atoms with Crippen molar-refractivity contribution in [2.75, 3.05) is 13.1 Å². The summed E-state index contributed by atoms with van der Waals surface area (Å²) in [4.78, 5) is 12.4. The molecule has 1 saturated heterocycles. The van der Waals surface area contributed by atoms with Gasteiger partial charge in [0.2, 0.25) is 0 Å². The van der Waals surface area contributed by atoms with Gasteiger partial charge in [-0.15, -0.1) is 0 Å². The molecule has 5 heteroatoms. The minimum atomic E-state index is -2.71. The first-order chi connectivity index (χ1) is 6.08. The van der Waals surface area contributed by atoms with Crippen LogP contribution in [0.25, 0.3) is 0 Å². The van der Waals surface area contributed by atoms with Crippen LogP contribution in [0.3, 0.4) is 0 Å². The van der Waals surface area contributed by atoms with E-state index in [4.69, 9.17) is 0 Å². The van der Waals surface area contributed by atoms with Gasteiger partial charge in [0.1, 0.15) is 6.26 Å². The number of alkyl halides is 2. The van der Waals surface area contributed by atoms with Crippen LogP contribution in [-0.4, -0.2) is 29.8 Å². The number of carbonyl (C=O) groups excluding carboxylic acids is 1. The molecule has 2 rings (SSSR count). The molecule has 3 nitrogen and oxygen atoms in total. The van der Waals surface area contributed by atoms with E-state index in [2.05, 4.69) is 4.42 Å². The van der Waals surface area contributed by atoms with Gasteiger partial charge in [-0.1, -0.05) is 0 Å². The quantitative estimate of drug-likeness (QED) is 0.665. The second-order valence-electron chi connectivity index (χ2n) is 3.03. The van der Waals surface area contributed by atoms with Gasteiger partial charge in [-0.25, -0.2) is 8.78 Å². The number of hydrogen-bond acceptors (Lipinski definition) is 2. The fraction of sp³-hybridized carbons (Fsp3) is 0.375. The number of hydrogen-bond donors (Lipinski definition) is 0. The first-order valence-electron chi connectivity index (χ1n) is 3.78. The molecule has 1 aromatic rings. The molecular formula is C8H7F2NO2. The highest BCUT2D eigenvalue weighted by molar-refractivity contribution is 5.94. The third-order valence-electron chi connectivity index (χ3n) is 1.90. The molecule has 1 amide bonds. The normalized spacial score (nSPS) is 19.7. The third kappa shape index (κ3) is 1.41. The molecule has 0 N–H and O–H groups in total. The Labute approximate surface area is 72.9 Å². The van der Waals surface area contributed by atoms with Crippen molar-refractivity contribution in [1.29, 1.82) is 0 Å². The molecule has 0 spiro atoms. The largest absolute Gasteiger partial charge is 0.472 e. The van der Waals surface area contributed by atoms with E-state index in [0.717, 1.165) is 4.90 Å². The highest BCUT2D eigenvalue weighted by atomic mass is 19.3. The first kappa shape index (κ1) is 8.22. The zero-order valence-electron chi connectivity index (χ0n) is 6.67. The number of nitrogens with zero attached hydrogens (tertiary/aromatic N) is 1. The van der Waals surface area contributed by atoms with Gasteiger partial charge < -0.3 is 9.32 Å². The molecule has 0 radical (unpaired) electrons. The van der Waals surface area contributed by atoms with Gasteiger partial charge >= 0.3 is 0 Å². The van der Waals surface area contributed by atoms with Crippen molar-refractivity contribution in [3.05, 3.63) is 24.2 Å². The van der Waals surface area contributed by atoms with Gasteiger partial charge in [-0.2, -0.15) is 0 Å². The van der Waals surface area contributed by atoms with Crippen LogP contribution in [0.1, 0.15) is 10.4 Å². The average Bonchev–Trinajstić information content (AvgIpc) is 2.50. The lowest BCUT2D eigenvalue weighted by Crippen LogP contribution is -2.58. The molecule has 0 atom stereocenters. The lowest BCUT2D eigenvalue weighted by molar-refractivity contribution is -0.113. The highest BCUT2D eigenvalue weighted by Gasteiger charge is 2.46. The van der Waals surface area contributed by atoms with Crippen molar-refractivity contribution < 1.29 is 18.0 Å². The smallest absolute Gasteiger partial charge is 0.282 e. The van der Waals surface area contributed by atoms with Crippen molar-refractivity contribution in [2.45, 2.75) is 5.92 Å². The number of amides is 1. The van der Waals surface area contributed by atoms with E-state index < -0.39 is 24.9 Å².